The van der Waals surface area contributed by atoms with Gasteiger partial charge in [0, 0.05) is 29.2 Å². The quantitative estimate of drug-likeness (QED) is 0.591. The number of nitrogens with one attached hydrogen (secondary N) is 1. The highest BCUT2D eigenvalue weighted by molar-refractivity contribution is 7.16. The van der Waals surface area contributed by atoms with Crippen LogP contribution >= 0.6 is 22.9 Å². The zero-order valence-corrected chi connectivity index (χ0v) is 13.0. The molecule has 0 atom stereocenters. The highest BCUT2D eigenvalue weighted by Gasteiger charge is 2.15. The molecule has 0 aliphatic carbocycles. The van der Waals surface area contributed by atoms with Gasteiger partial charge in [0.15, 0.2) is 5.75 Å². The van der Waals surface area contributed by atoms with Crippen molar-refractivity contribution in [3.8, 4) is 5.75 Å². The topological polar surface area (TPSA) is 64.4 Å². The van der Waals surface area contributed by atoms with Crippen LogP contribution in [0.5, 0.6) is 5.75 Å². The summed E-state index contributed by atoms with van der Waals surface area (Å²) in [5.41, 5.74) is 0.754. The molecule has 1 aromatic carbocycles. The predicted octanol–water partition coefficient (Wildman–Crippen LogP) is 4.71. The molecule has 2 aromatic rings. The summed E-state index contributed by atoms with van der Waals surface area (Å²) < 4.78 is 6.18. The molecule has 0 spiro atoms. The second kappa shape index (κ2) is 7.28. The van der Waals surface area contributed by atoms with Crippen molar-refractivity contribution in [1.29, 1.82) is 0 Å². The summed E-state index contributed by atoms with van der Waals surface area (Å²) in [5, 5.41) is 14.2. The van der Waals surface area contributed by atoms with Crippen LogP contribution < -0.4 is 10.1 Å². The fourth-order valence-corrected chi connectivity index (χ4v) is 2.77. The van der Waals surface area contributed by atoms with Crippen LogP contribution in [-0.4, -0.2) is 11.5 Å². The third-order valence-corrected chi connectivity index (χ3v) is 3.94. The van der Waals surface area contributed by atoms with Gasteiger partial charge in [-0.05, 0) is 24.6 Å². The number of anilines is 1. The predicted molar refractivity (Wildman–Crippen MR) is 85.5 cm³/mol. The van der Waals surface area contributed by atoms with E-state index >= 15 is 0 Å². The average Bonchev–Trinajstić information content (AvgIpc) is 2.88. The number of benzene rings is 1. The van der Waals surface area contributed by atoms with E-state index in [4.69, 9.17) is 16.3 Å². The van der Waals surface area contributed by atoms with Crippen molar-refractivity contribution >= 4 is 34.3 Å². The third-order valence-electron chi connectivity index (χ3n) is 2.71. The molecule has 0 saturated heterocycles. The Bertz CT molecular complexity index is 630. The molecule has 2 rings (SSSR count). The SMILES string of the molecule is CCCOc1cc(NCc2ccc(Cl)s2)ccc1[N+](=O)[O-]. The molecule has 0 aliphatic heterocycles. The van der Waals surface area contributed by atoms with Gasteiger partial charge in [0.25, 0.3) is 0 Å². The fraction of sp³-hybridized carbons (Fsp3) is 0.286. The van der Waals surface area contributed by atoms with Crippen molar-refractivity contribution in [3.05, 3.63) is 49.7 Å². The van der Waals surface area contributed by atoms with E-state index in [-0.39, 0.29) is 11.4 Å². The molecule has 0 saturated carbocycles. The van der Waals surface area contributed by atoms with Gasteiger partial charge in [-0.25, -0.2) is 0 Å². The lowest BCUT2D eigenvalue weighted by atomic mass is 10.2. The second-order valence-electron chi connectivity index (χ2n) is 4.35. The van der Waals surface area contributed by atoms with Crippen LogP contribution in [0.25, 0.3) is 0 Å². The Morgan fingerprint density at radius 3 is 2.81 bits per heavy atom. The molecule has 0 amide bonds. The molecule has 0 aliphatic rings. The van der Waals surface area contributed by atoms with Crippen molar-refractivity contribution in [1.82, 2.24) is 0 Å². The summed E-state index contributed by atoms with van der Waals surface area (Å²) in [6.45, 7) is 3.02. The minimum atomic E-state index is -0.437. The maximum absolute atomic E-state index is 11.0. The zero-order chi connectivity index (χ0) is 15.2. The van der Waals surface area contributed by atoms with E-state index in [1.54, 1.807) is 12.1 Å². The maximum atomic E-state index is 11.0. The van der Waals surface area contributed by atoms with Gasteiger partial charge in [-0.15, -0.1) is 11.3 Å². The van der Waals surface area contributed by atoms with E-state index in [1.165, 1.54) is 17.4 Å². The number of hydrogen-bond acceptors (Lipinski definition) is 5. The van der Waals surface area contributed by atoms with Crippen LogP contribution in [0.2, 0.25) is 4.34 Å². The van der Waals surface area contributed by atoms with Gasteiger partial charge in [-0.2, -0.15) is 0 Å². The summed E-state index contributed by atoms with van der Waals surface area (Å²) in [5.74, 6) is 0.288. The van der Waals surface area contributed by atoms with E-state index in [0.29, 0.717) is 13.2 Å². The molecule has 0 fully saturated rings. The molecule has 0 unspecified atom stereocenters. The Balaban J connectivity index is 2.10. The van der Waals surface area contributed by atoms with Crippen molar-refractivity contribution in [3.63, 3.8) is 0 Å². The Hall–Kier alpha value is -1.79. The van der Waals surface area contributed by atoms with Crippen molar-refractivity contribution in [2.45, 2.75) is 19.9 Å². The first-order valence-electron chi connectivity index (χ1n) is 6.49. The summed E-state index contributed by atoms with van der Waals surface area (Å²) in [7, 11) is 0. The summed E-state index contributed by atoms with van der Waals surface area (Å²) in [6.07, 6.45) is 0.794. The fourth-order valence-electron chi connectivity index (χ4n) is 1.74. The highest BCUT2D eigenvalue weighted by Crippen LogP contribution is 2.31. The lowest BCUT2D eigenvalue weighted by Crippen LogP contribution is -2.02. The first-order valence-corrected chi connectivity index (χ1v) is 7.69. The average molecular weight is 327 g/mol. The summed E-state index contributed by atoms with van der Waals surface area (Å²) in [4.78, 5) is 11.6. The number of nitro benzene ring substituents is 1. The van der Waals surface area contributed by atoms with Gasteiger partial charge in [0.2, 0.25) is 0 Å². The molecule has 0 radical (unpaired) electrons. The van der Waals surface area contributed by atoms with Crippen LogP contribution in [-0.2, 0) is 6.54 Å². The number of hydrogen-bond donors (Lipinski definition) is 1. The second-order valence-corrected chi connectivity index (χ2v) is 6.15. The Morgan fingerprint density at radius 1 is 1.38 bits per heavy atom. The van der Waals surface area contributed by atoms with Crippen LogP contribution in [0, 0.1) is 10.1 Å². The monoisotopic (exact) mass is 326 g/mol. The van der Waals surface area contributed by atoms with E-state index in [0.717, 1.165) is 21.3 Å². The van der Waals surface area contributed by atoms with Gasteiger partial charge in [0.1, 0.15) is 0 Å². The number of thiophene rings is 1. The molecule has 7 heteroatoms. The largest absolute Gasteiger partial charge is 0.487 e. The van der Waals surface area contributed by atoms with Crippen molar-refractivity contribution in [2.75, 3.05) is 11.9 Å². The highest BCUT2D eigenvalue weighted by atomic mass is 35.5. The molecule has 1 N–H and O–H groups in total. The summed E-state index contributed by atoms with van der Waals surface area (Å²) in [6, 6.07) is 8.57. The molecular formula is C14H15ClN2O3S. The van der Waals surface area contributed by atoms with Crippen molar-refractivity contribution < 1.29 is 9.66 Å². The van der Waals surface area contributed by atoms with E-state index in [1.807, 2.05) is 19.1 Å². The molecular weight excluding hydrogens is 312 g/mol. The van der Waals surface area contributed by atoms with Gasteiger partial charge < -0.3 is 10.1 Å². The zero-order valence-electron chi connectivity index (χ0n) is 11.5. The number of halogens is 1. The third kappa shape index (κ3) is 4.34. The minimum Gasteiger partial charge on any atom is -0.487 e. The lowest BCUT2D eigenvalue weighted by Gasteiger charge is -2.09. The maximum Gasteiger partial charge on any atom is 0.311 e. The lowest BCUT2D eigenvalue weighted by molar-refractivity contribution is -0.385. The van der Waals surface area contributed by atoms with Crippen LogP contribution in [0.15, 0.2) is 30.3 Å². The number of rotatable bonds is 7. The van der Waals surface area contributed by atoms with E-state index in [2.05, 4.69) is 5.32 Å². The van der Waals surface area contributed by atoms with Crippen LogP contribution in [0.3, 0.4) is 0 Å². The van der Waals surface area contributed by atoms with E-state index in [9.17, 15) is 10.1 Å². The molecule has 21 heavy (non-hydrogen) atoms. The standard InChI is InChI=1S/C14H15ClN2O3S/c1-2-7-20-13-8-10(3-5-12(13)17(18)19)16-9-11-4-6-14(15)21-11/h3-6,8,16H,2,7,9H2,1H3. The first kappa shape index (κ1) is 15.6. The van der Waals surface area contributed by atoms with Crippen LogP contribution in [0.4, 0.5) is 11.4 Å². The smallest absolute Gasteiger partial charge is 0.311 e. The molecule has 1 heterocycles. The Kier molecular flexibility index (Phi) is 5.41. The van der Waals surface area contributed by atoms with Gasteiger partial charge in [-0.3, -0.25) is 10.1 Å². The minimum absolute atomic E-state index is 0.0202. The molecule has 1 aromatic heterocycles. The Morgan fingerprint density at radius 2 is 2.19 bits per heavy atom. The normalized spacial score (nSPS) is 10.4. The van der Waals surface area contributed by atoms with Gasteiger partial charge in [0.05, 0.1) is 15.9 Å². The van der Waals surface area contributed by atoms with Crippen LogP contribution in [0.1, 0.15) is 18.2 Å². The Labute approximate surface area is 131 Å². The first-order chi connectivity index (χ1) is 10.1. The molecule has 0 bridgehead atoms. The number of nitro groups is 1. The summed E-state index contributed by atoms with van der Waals surface area (Å²) >= 11 is 7.37. The molecule has 5 nitrogen and oxygen atoms in total. The number of nitrogens with zero attached hydrogens (tertiary/aromatic N) is 1. The number of ether oxygens (including phenoxy) is 1. The van der Waals surface area contributed by atoms with E-state index < -0.39 is 4.92 Å². The molecule has 112 valence electrons. The van der Waals surface area contributed by atoms with Gasteiger partial charge in [-0.1, -0.05) is 18.5 Å². The van der Waals surface area contributed by atoms with Gasteiger partial charge >= 0.3 is 5.69 Å². The van der Waals surface area contributed by atoms with Crippen molar-refractivity contribution in [2.24, 2.45) is 0 Å².